The number of hydrogen-bond donors (Lipinski definition) is 3. The Hall–Kier alpha value is -4.85. The number of ether oxygens (including phenoxy) is 2. The summed E-state index contributed by atoms with van der Waals surface area (Å²) in [7, 11) is 0. The van der Waals surface area contributed by atoms with Crippen molar-refractivity contribution in [3.63, 3.8) is 0 Å². The van der Waals surface area contributed by atoms with Crippen LogP contribution >= 0.6 is 0 Å². The van der Waals surface area contributed by atoms with E-state index in [2.05, 4.69) is 29.4 Å². The zero-order chi connectivity index (χ0) is 35.7. The molecule has 14 nitrogen and oxygen atoms in total. The number of benzene rings is 1. The third-order valence-electron chi connectivity index (χ3n) is 8.03. The molecular weight excluding hydrogens is 626 g/mol. The summed E-state index contributed by atoms with van der Waals surface area (Å²) < 4.78 is 14.8. The highest BCUT2D eigenvalue weighted by molar-refractivity contribution is 5.88. The van der Waals surface area contributed by atoms with Crippen LogP contribution in [0.3, 0.4) is 0 Å². The quantitative estimate of drug-likeness (QED) is 0.214. The molecule has 49 heavy (non-hydrogen) atoms. The summed E-state index contributed by atoms with van der Waals surface area (Å²) in [4.78, 5) is 34.6. The molecule has 4 heterocycles. The molecule has 0 aliphatic carbocycles. The number of nitrogens with two attached hydrogens (primary N) is 1. The van der Waals surface area contributed by atoms with E-state index in [1.54, 1.807) is 43.7 Å². The fourth-order valence-electron chi connectivity index (χ4n) is 5.61. The summed E-state index contributed by atoms with van der Waals surface area (Å²) in [6.07, 6.45) is 3.92. The summed E-state index contributed by atoms with van der Waals surface area (Å²) in [6, 6.07) is 9.45. The lowest BCUT2D eigenvalue weighted by molar-refractivity contribution is -0.0104. The van der Waals surface area contributed by atoms with Crippen LogP contribution in [0.2, 0.25) is 0 Å². The van der Waals surface area contributed by atoms with E-state index in [-0.39, 0.29) is 24.9 Å². The van der Waals surface area contributed by atoms with Gasteiger partial charge in [-0.25, -0.2) is 19.3 Å². The topological polar surface area (TPSA) is 165 Å². The van der Waals surface area contributed by atoms with Gasteiger partial charge in [-0.1, -0.05) is 26.0 Å². The maximum Gasteiger partial charge on any atom is 0.416 e. The number of nitrogen functional groups attached to an aromatic ring is 1. The minimum Gasteiger partial charge on any atom is -0.444 e. The molecule has 1 fully saturated rings. The van der Waals surface area contributed by atoms with Crippen LogP contribution in [0.15, 0.2) is 48.9 Å². The first-order valence-corrected chi connectivity index (χ1v) is 16.7. The van der Waals surface area contributed by atoms with Crippen LogP contribution in [0.4, 0.5) is 26.9 Å². The van der Waals surface area contributed by atoms with E-state index in [1.807, 2.05) is 65.8 Å². The minimum absolute atomic E-state index is 0.111. The van der Waals surface area contributed by atoms with Gasteiger partial charge >= 0.3 is 12.2 Å². The minimum atomic E-state index is -0.756. The van der Waals surface area contributed by atoms with Gasteiger partial charge in [0, 0.05) is 30.6 Å². The highest BCUT2D eigenvalue weighted by Crippen LogP contribution is 2.30. The number of likely N-dealkylation sites (tertiary alicyclic amines) is 1. The van der Waals surface area contributed by atoms with Gasteiger partial charge < -0.3 is 30.5 Å². The van der Waals surface area contributed by atoms with Crippen molar-refractivity contribution in [1.29, 1.82) is 0 Å². The highest BCUT2D eigenvalue weighted by atomic mass is 16.6. The molecule has 1 saturated heterocycles. The molecule has 5 rings (SSSR count). The first-order chi connectivity index (χ1) is 23.0. The maximum atomic E-state index is 14.0. The van der Waals surface area contributed by atoms with E-state index in [1.165, 1.54) is 0 Å². The second-order valence-corrected chi connectivity index (χ2v) is 14.9. The smallest absolute Gasteiger partial charge is 0.416 e. The number of aromatic nitrogens is 5. The Morgan fingerprint density at radius 1 is 1.08 bits per heavy atom. The molecule has 1 aliphatic heterocycles. The van der Waals surface area contributed by atoms with Crippen LogP contribution in [0.25, 0.3) is 11.3 Å². The number of rotatable bonds is 8. The predicted molar refractivity (Wildman–Crippen MR) is 188 cm³/mol. The number of fused-ring (bicyclic) bond motifs is 1. The normalized spacial score (nSPS) is 17.0. The molecule has 1 aliphatic rings. The zero-order valence-corrected chi connectivity index (χ0v) is 29.7. The van der Waals surface area contributed by atoms with E-state index in [0.717, 1.165) is 16.8 Å². The number of amides is 2. The van der Waals surface area contributed by atoms with Gasteiger partial charge in [-0.3, -0.25) is 4.90 Å². The number of β-amino-alcohol motifs (C(OH)–C–C–N with tert-alkyl or cyclic N) is 1. The van der Waals surface area contributed by atoms with Crippen LogP contribution < -0.4 is 16.0 Å². The molecule has 2 atom stereocenters. The average molecular weight is 676 g/mol. The number of aliphatic hydroxyl groups excluding tert-OH is 1. The van der Waals surface area contributed by atoms with Gasteiger partial charge in [0.05, 0.1) is 49.2 Å². The molecule has 4 N–H and O–H groups in total. The first-order valence-electron chi connectivity index (χ1n) is 16.7. The number of piperidine rings is 1. The van der Waals surface area contributed by atoms with Crippen molar-refractivity contribution < 1.29 is 24.2 Å². The Kier molecular flexibility index (Phi) is 10.1. The summed E-state index contributed by atoms with van der Waals surface area (Å²) in [5.74, 6) is 0.944. The number of nitrogens with one attached hydrogen (secondary N) is 1. The second kappa shape index (κ2) is 13.9. The van der Waals surface area contributed by atoms with Crippen molar-refractivity contribution in [2.75, 3.05) is 35.6 Å². The predicted octanol–water partition coefficient (Wildman–Crippen LogP) is 5.59. The molecule has 2 amide bonds. The van der Waals surface area contributed by atoms with Crippen LogP contribution in [0.1, 0.15) is 78.9 Å². The van der Waals surface area contributed by atoms with Crippen molar-refractivity contribution in [3.05, 3.63) is 60.0 Å². The van der Waals surface area contributed by atoms with Crippen LogP contribution in [-0.4, -0.2) is 83.5 Å². The third kappa shape index (κ3) is 8.79. The lowest BCUT2D eigenvalue weighted by atomic mass is 9.94. The molecule has 0 bridgehead atoms. The van der Waals surface area contributed by atoms with Crippen LogP contribution in [0.5, 0.6) is 0 Å². The van der Waals surface area contributed by atoms with Gasteiger partial charge in [0.2, 0.25) is 0 Å². The van der Waals surface area contributed by atoms with Gasteiger partial charge in [-0.2, -0.15) is 14.7 Å². The summed E-state index contributed by atoms with van der Waals surface area (Å²) in [5, 5.41) is 23.4. The summed E-state index contributed by atoms with van der Waals surface area (Å²) >= 11 is 0. The number of nitrogens with zero attached hydrogens (tertiary/aromatic N) is 7. The molecule has 0 spiro atoms. The molecule has 3 aromatic heterocycles. The average Bonchev–Trinajstić information content (AvgIpc) is 3.64. The Labute approximate surface area is 287 Å². The van der Waals surface area contributed by atoms with Crippen molar-refractivity contribution in [3.8, 4) is 5.69 Å². The van der Waals surface area contributed by atoms with Crippen molar-refractivity contribution in [2.45, 2.75) is 91.6 Å². The van der Waals surface area contributed by atoms with Crippen molar-refractivity contribution in [1.82, 2.24) is 29.3 Å². The SMILES string of the molecule is CC(C)c1cnn2c(N(Cc3cccc(-n4cc(N)cn4)c3)C(=O)OC(C)(C)C)cc(NC[C@H]3CCN(C(=O)OC(C)(C)C)C[C@@H]3O)nc12. The standard InChI is InChI=1S/C35H49N9O5/c1-22(2)27-18-39-44-30(15-29(40-31(27)44)37-16-24-12-13-41(21-28(24)45)32(46)48-34(3,4)5)42(33(47)49-35(6,7)8)19-23-10-9-11-26(14-23)43-20-25(36)17-38-43/h9-11,14-15,17-18,20,22,24,28,45H,12-13,16,19,21,36H2,1-8H3,(H,37,40)/t24-,28+/m1/s1. The van der Waals surface area contributed by atoms with Gasteiger partial charge in [-0.15, -0.1) is 0 Å². The van der Waals surface area contributed by atoms with E-state index < -0.39 is 29.5 Å². The zero-order valence-electron chi connectivity index (χ0n) is 29.7. The Balaban J connectivity index is 1.46. The maximum absolute atomic E-state index is 14.0. The number of hydrogen-bond acceptors (Lipinski definition) is 10. The van der Waals surface area contributed by atoms with Gasteiger partial charge in [-0.05, 0) is 71.6 Å². The van der Waals surface area contributed by atoms with E-state index in [0.29, 0.717) is 42.5 Å². The molecule has 0 radical (unpaired) electrons. The Bertz CT molecular complexity index is 1790. The highest BCUT2D eigenvalue weighted by Gasteiger charge is 2.33. The largest absolute Gasteiger partial charge is 0.444 e. The number of carbonyl (C=O) groups is 2. The molecule has 14 heteroatoms. The van der Waals surface area contributed by atoms with E-state index in [4.69, 9.17) is 20.2 Å². The molecule has 264 valence electrons. The summed E-state index contributed by atoms with van der Waals surface area (Å²) in [5.41, 5.74) is 8.21. The summed E-state index contributed by atoms with van der Waals surface area (Å²) in [6.45, 7) is 16.3. The van der Waals surface area contributed by atoms with Gasteiger partial charge in [0.1, 0.15) is 22.8 Å². The van der Waals surface area contributed by atoms with E-state index >= 15 is 0 Å². The van der Waals surface area contributed by atoms with Crippen molar-refractivity contribution >= 4 is 35.2 Å². The second-order valence-electron chi connectivity index (χ2n) is 14.9. The number of aliphatic hydroxyl groups is 1. The van der Waals surface area contributed by atoms with Crippen LogP contribution in [0, 0.1) is 5.92 Å². The van der Waals surface area contributed by atoms with E-state index in [9.17, 15) is 14.7 Å². The van der Waals surface area contributed by atoms with Gasteiger partial charge in [0.25, 0.3) is 0 Å². The molecule has 0 saturated carbocycles. The van der Waals surface area contributed by atoms with Crippen LogP contribution in [-0.2, 0) is 16.0 Å². The Morgan fingerprint density at radius 2 is 1.82 bits per heavy atom. The molecule has 1 aromatic carbocycles. The molecular formula is C35H49N9O5. The fraction of sp³-hybridized carbons (Fsp3) is 0.514. The number of anilines is 3. The monoisotopic (exact) mass is 675 g/mol. The fourth-order valence-corrected chi connectivity index (χ4v) is 5.61. The lowest BCUT2D eigenvalue weighted by Crippen LogP contribution is -2.49. The molecule has 0 unspecified atom stereocenters. The Morgan fingerprint density at radius 3 is 2.45 bits per heavy atom. The molecule has 4 aromatic rings. The number of carbonyl (C=O) groups excluding carboxylic acids is 2. The third-order valence-corrected chi connectivity index (χ3v) is 8.03. The van der Waals surface area contributed by atoms with Gasteiger partial charge in [0.15, 0.2) is 5.65 Å². The lowest BCUT2D eigenvalue weighted by Gasteiger charge is -2.36. The van der Waals surface area contributed by atoms with Crippen molar-refractivity contribution in [2.24, 2.45) is 5.92 Å². The first kappa shape index (κ1) is 35.5.